The standard InChI is InChI=1S/C14H16ClN3O2/c15-8-4-5-9-17-13(19)11-18(14(17)20)16-10-12-6-2-1-3-7-12/h1-3,6-7,10-11,19H,4-5,8-9H2. The lowest BCUT2D eigenvalue weighted by Gasteiger charge is -2.00. The molecule has 0 aliphatic heterocycles. The zero-order valence-electron chi connectivity index (χ0n) is 10.9. The molecule has 1 heterocycles. The Labute approximate surface area is 121 Å². The third-order valence-corrected chi connectivity index (χ3v) is 3.10. The molecule has 0 aliphatic carbocycles. The minimum Gasteiger partial charge on any atom is -0.493 e. The Morgan fingerprint density at radius 2 is 2.00 bits per heavy atom. The van der Waals surface area contributed by atoms with E-state index in [2.05, 4.69) is 5.10 Å². The van der Waals surface area contributed by atoms with Gasteiger partial charge >= 0.3 is 5.69 Å². The summed E-state index contributed by atoms with van der Waals surface area (Å²) in [6, 6.07) is 9.44. The molecule has 1 N–H and O–H groups in total. The lowest BCUT2D eigenvalue weighted by molar-refractivity contribution is 0.409. The number of nitrogens with zero attached hydrogens (tertiary/aromatic N) is 3. The molecule has 2 aromatic rings. The lowest BCUT2D eigenvalue weighted by atomic mass is 10.2. The molecule has 0 saturated carbocycles. The van der Waals surface area contributed by atoms with Crippen molar-refractivity contribution in [3.8, 4) is 5.88 Å². The fourth-order valence-corrected chi connectivity index (χ4v) is 1.97. The summed E-state index contributed by atoms with van der Waals surface area (Å²) in [6.45, 7) is 0.436. The van der Waals surface area contributed by atoms with Gasteiger partial charge in [0.1, 0.15) is 0 Å². The van der Waals surface area contributed by atoms with E-state index in [-0.39, 0.29) is 11.6 Å². The van der Waals surface area contributed by atoms with Gasteiger partial charge in [0.2, 0.25) is 5.88 Å². The van der Waals surface area contributed by atoms with Crippen molar-refractivity contribution in [2.45, 2.75) is 19.4 Å². The Hall–Kier alpha value is -2.01. The molecule has 106 valence electrons. The molecule has 0 bridgehead atoms. The average Bonchev–Trinajstić information content (AvgIpc) is 2.74. The summed E-state index contributed by atoms with van der Waals surface area (Å²) in [7, 11) is 0. The normalized spacial score (nSPS) is 11.2. The quantitative estimate of drug-likeness (QED) is 0.504. The number of rotatable bonds is 6. The second kappa shape index (κ2) is 6.96. The number of aromatic hydroxyl groups is 1. The average molecular weight is 294 g/mol. The summed E-state index contributed by atoms with van der Waals surface area (Å²) < 4.78 is 2.41. The van der Waals surface area contributed by atoms with Crippen LogP contribution in [0.2, 0.25) is 0 Å². The van der Waals surface area contributed by atoms with Gasteiger partial charge in [0.15, 0.2) is 0 Å². The third-order valence-electron chi connectivity index (χ3n) is 2.84. The molecular weight excluding hydrogens is 278 g/mol. The fourth-order valence-electron chi connectivity index (χ4n) is 1.78. The Morgan fingerprint density at radius 1 is 1.25 bits per heavy atom. The fraction of sp³-hybridized carbons (Fsp3) is 0.286. The summed E-state index contributed by atoms with van der Waals surface area (Å²) in [6.07, 6.45) is 4.42. The van der Waals surface area contributed by atoms with Crippen LogP contribution in [0.25, 0.3) is 0 Å². The number of unbranched alkanes of at least 4 members (excludes halogenated alkanes) is 1. The summed E-state index contributed by atoms with van der Waals surface area (Å²) in [5, 5.41) is 13.8. The van der Waals surface area contributed by atoms with Crippen molar-refractivity contribution in [1.82, 2.24) is 9.24 Å². The van der Waals surface area contributed by atoms with E-state index in [9.17, 15) is 9.90 Å². The Kier molecular flexibility index (Phi) is 5.01. The highest BCUT2D eigenvalue weighted by Crippen LogP contribution is 2.07. The van der Waals surface area contributed by atoms with Crippen molar-refractivity contribution in [3.63, 3.8) is 0 Å². The van der Waals surface area contributed by atoms with Gasteiger partial charge in [-0.15, -0.1) is 11.6 Å². The van der Waals surface area contributed by atoms with Gasteiger partial charge in [-0.3, -0.25) is 4.57 Å². The molecule has 0 fully saturated rings. The van der Waals surface area contributed by atoms with Gasteiger partial charge in [0.25, 0.3) is 0 Å². The molecule has 2 rings (SSSR count). The van der Waals surface area contributed by atoms with Gasteiger partial charge in [-0.2, -0.15) is 9.78 Å². The maximum absolute atomic E-state index is 12.0. The van der Waals surface area contributed by atoms with Crippen LogP contribution < -0.4 is 5.69 Å². The smallest absolute Gasteiger partial charge is 0.351 e. The van der Waals surface area contributed by atoms with Crippen molar-refractivity contribution < 1.29 is 5.11 Å². The number of imidazole rings is 1. The molecule has 0 atom stereocenters. The number of alkyl halides is 1. The molecule has 0 amide bonds. The molecule has 0 spiro atoms. The predicted molar refractivity (Wildman–Crippen MR) is 79.7 cm³/mol. The van der Waals surface area contributed by atoms with Crippen LogP contribution in [-0.2, 0) is 6.54 Å². The third kappa shape index (κ3) is 3.51. The maximum atomic E-state index is 12.0. The summed E-state index contributed by atoms with van der Waals surface area (Å²) in [4.78, 5) is 12.0. The minimum absolute atomic E-state index is 0.0882. The largest absolute Gasteiger partial charge is 0.493 e. The van der Waals surface area contributed by atoms with E-state index in [0.29, 0.717) is 12.4 Å². The maximum Gasteiger partial charge on any atom is 0.351 e. The molecule has 0 radical (unpaired) electrons. The summed E-state index contributed by atoms with van der Waals surface area (Å²) in [5.41, 5.74) is 0.526. The van der Waals surface area contributed by atoms with E-state index in [1.54, 1.807) is 6.21 Å². The summed E-state index contributed by atoms with van der Waals surface area (Å²) in [5.74, 6) is 0.456. The Balaban J connectivity index is 2.15. The molecule has 1 aromatic heterocycles. The second-order valence-corrected chi connectivity index (χ2v) is 4.70. The van der Waals surface area contributed by atoms with Crippen molar-refractivity contribution in [2.24, 2.45) is 5.10 Å². The zero-order chi connectivity index (χ0) is 14.4. The number of benzene rings is 1. The first-order chi connectivity index (χ1) is 9.72. The number of hydrogen-bond acceptors (Lipinski definition) is 3. The number of aromatic nitrogens is 2. The van der Waals surface area contributed by atoms with Crippen LogP contribution in [0.1, 0.15) is 18.4 Å². The molecule has 0 unspecified atom stereocenters. The molecule has 20 heavy (non-hydrogen) atoms. The molecule has 0 saturated heterocycles. The van der Waals surface area contributed by atoms with Gasteiger partial charge in [-0.05, 0) is 18.4 Å². The second-order valence-electron chi connectivity index (χ2n) is 4.32. The summed E-state index contributed by atoms with van der Waals surface area (Å²) >= 11 is 5.59. The number of hydrogen-bond donors (Lipinski definition) is 1. The molecule has 1 aromatic carbocycles. The predicted octanol–water partition coefficient (Wildman–Crippen LogP) is 2.26. The van der Waals surface area contributed by atoms with Gasteiger partial charge in [-0.1, -0.05) is 30.3 Å². The van der Waals surface area contributed by atoms with Crippen molar-refractivity contribution in [1.29, 1.82) is 0 Å². The zero-order valence-corrected chi connectivity index (χ0v) is 11.7. The molecule has 6 heteroatoms. The highest BCUT2D eigenvalue weighted by molar-refractivity contribution is 6.17. The van der Waals surface area contributed by atoms with Crippen LogP contribution in [-0.4, -0.2) is 26.4 Å². The van der Waals surface area contributed by atoms with Gasteiger partial charge in [0, 0.05) is 12.4 Å². The van der Waals surface area contributed by atoms with Gasteiger partial charge in [-0.25, -0.2) is 4.79 Å². The molecular formula is C14H16ClN3O2. The highest BCUT2D eigenvalue weighted by Gasteiger charge is 2.08. The van der Waals surface area contributed by atoms with E-state index in [1.807, 2.05) is 30.3 Å². The highest BCUT2D eigenvalue weighted by atomic mass is 35.5. The first-order valence-corrected chi connectivity index (χ1v) is 6.92. The van der Waals surface area contributed by atoms with Crippen LogP contribution in [0.3, 0.4) is 0 Å². The van der Waals surface area contributed by atoms with Gasteiger partial charge < -0.3 is 5.11 Å². The van der Waals surface area contributed by atoms with E-state index < -0.39 is 0 Å². The van der Waals surface area contributed by atoms with Crippen LogP contribution >= 0.6 is 11.6 Å². The topological polar surface area (TPSA) is 59.5 Å². The van der Waals surface area contributed by atoms with E-state index >= 15 is 0 Å². The van der Waals surface area contributed by atoms with Crippen LogP contribution in [0, 0.1) is 0 Å². The van der Waals surface area contributed by atoms with Crippen LogP contribution in [0.4, 0.5) is 0 Å². The number of halogens is 1. The van der Waals surface area contributed by atoms with Crippen molar-refractivity contribution >= 4 is 17.8 Å². The van der Waals surface area contributed by atoms with Crippen molar-refractivity contribution in [2.75, 3.05) is 5.88 Å². The SMILES string of the molecule is O=c1n(N=Cc2ccccc2)cc(O)n1CCCCCl. The van der Waals surface area contributed by atoms with E-state index in [1.165, 1.54) is 10.8 Å². The van der Waals surface area contributed by atoms with Gasteiger partial charge in [0.05, 0.1) is 12.4 Å². The first kappa shape index (κ1) is 14.4. The van der Waals surface area contributed by atoms with Crippen LogP contribution in [0.5, 0.6) is 5.88 Å². The van der Waals surface area contributed by atoms with Crippen molar-refractivity contribution in [3.05, 3.63) is 52.6 Å². The monoisotopic (exact) mass is 293 g/mol. The van der Waals surface area contributed by atoms with Crippen LogP contribution in [0.15, 0.2) is 46.4 Å². The first-order valence-electron chi connectivity index (χ1n) is 6.39. The van der Waals surface area contributed by atoms with E-state index in [0.717, 1.165) is 23.1 Å². The molecule has 5 nitrogen and oxygen atoms in total. The minimum atomic E-state index is -0.357. The Morgan fingerprint density at radius 3 is 2.70 bits per heavy atom. The van der Waals surface area contributed by atoms with E-state index in [4.69, 9.17) is 11.6 Å². The Bertz CT molecular complexity index is 632. The molecule has 0 aliphatic rings. The lowest BCUT2D eigenvalue weighted by Crippen LogP contribution is -2.22.